The van der Waals surface area contributed by atoms with E-state index in [4.69, 9.17) is 0 Å². The molecule has 0 aromatic rings. The average molecular weight is 305 g/mol. The number of amides is 2. The Balaban J connectivity index is 0. The second-order valence-electron chi connectivity index (χ2n) is 4.18. The molecule has 1 heterocycles. The van der Waals surface area contributed by atoms with Crippen LogP contribution in [0.2, 0.25) is 0 Å². The molecule has 1 aliphatic rings. The maximum Gasteiger partial charge on any atom is 2.00 e. The summed E-state index contributed by atoms with van der Waals surface area (Å²) in [6, 6.07) is 0. The molecule has 109 valence electrons. The van der Waals surface area contributed by atoms with Gasteiger partial charge >= 0.3 is 18.6 Å². The quantitative estimate of drug-likeness (QED) is 0.745. The van der Waals surface area contributed by atoms with Crippen molar-refractivity contribution < 1.29 is 28.1 Å². The van der Waals surface area contributed by atoms with Gasteiger partial charge in [-0.25, -0.2) is 0 Å². The van der Waals surface area contributed by atoms with Crippen LogP contribution in [0.4, 0.5) is 0 Å². The predicted octanol–water partition coefficient (Wildman–Crippen LogP) is 1.91. The molecule has 0 N–H and O–H groups in total. The molecule has 1 saturated heterocycles. The SMILES string of the molecule is CCC(=O)N1CCCC1.[CH2-]CN(C[CH2-])C(=O)CC.[V+2]. The first-order chi connectivity index (χ1) is 8.60. The van der Waals surface area contributed by atoms with Crippen LogP contribution in [-0.4, -0.2) is 47.8 Å². The van der Waals surface area contributed by atoms with Crippen LogP contribution < -0.4 is 0 Å². The zero-order valence-electron chi connectivity index (χ0n) is 12.2. The molecule has 0 atom stereocenters. The first-order valence-electron chi connectivity index (χ1n) is 6.74. The summed E-state index contributed by atoms with van der Waals surface area (Å²) in [5.74, 6) is 0.438. The van der Waals surface area contributed by atoms with Crippen LogP contribution in [0.1, 0.15) is 39.5 Å². The second kappa shape index (κ2) is 12.6. The molecule has 0 bridgehead atoms. The summed E-state index contributed by atoms with van der Waals surface area (Å²) in [6.07, 6.45) is 3.61. The van der Waals surface area contributed by atoms with E-state index in [2.05, 4.69) is 13.8 Å². The molecular weight excluding hydrogens is 279 g/mol. The summed E-state index contributed by atoms with van der Waals surface area (Å²) in [5.41, 5.74) is 0. The fourth-order valence-electron chi connectivity index (χ4n) is 1.77. The molecule has 1 fully saturated rings. The van der Waals surface area contributed by atoms with Gasteiger partial charge in [0.1, 0.15) is 0 Å². The summed E-state index contributed by atoms with van der Waals surface area (Å²) >= 11 is 0. The molecule has 4 nitrogen and oxygen atoms in total. The number of likely N-dealkylation sites (tertiary alicyclic amines) is 1. The molecule has 0 unspecified atom stereocenters. The van der Waals surface area contributed by atoms with Crippen molar-refractivity contribution in [1.29, 1.82) is 0 Å². The molecule has 0 aliphatic carbocycles. The predicted molar refractivity (Wildman–Crippen MR) is 73.7 cm³/mol. The van der Waals surface area contributed by atoms with Crippen LogP contribution in [-0.2, 0) is 28.1 Å². The Hall–Kier alpha value is -0.476. The first kappa shape index (κ1) is 20.8. The topological polar surface area (TPSA) is 40.6 Å². The largest absolute Gasteiger partial charge is 2.00 e. The van der Waals surface area contributed by atoms with Gasteiger partial charge in [0.2, 0.25) is 11.8 Å². The van der Waals surface area contributed by atoms with E-state index in [9.17, 15) is 9.59 Å². The third-order valence-corrected chi connectivity index (χ3v) is 2.96. The van der Waals surface area contributed by atoms with E-state index in [-0.39, 0.29) is 24.5 Å². The molecule has 19 heavy (non-hydrogen) atoms. The van der Waals surface area contributed by atoms with E-state index in [1.165, 1.54) is 12.8 Å². The number of carbonyl (C=O) groups excluding carboxylic acids is 2. The van der Waals surface area contributed by atoms with Crippen LogP contribution in [0.15, 0.2) is 0 Å². The minimum atomic E-state index is 0. The summed E-state index contributed by atoms with van der Waals surface area (Å²) in [4.78, 5) is 25.3. The Kier molecular flexibility index (Phi) is 13.8. The molecular formula is C14H26N2O2V. The normalized spacial score (nSPS) is 13.2. The molecule has 5 heteroatoms. The van der Waals surface area contributed by atoms with Gasteiger partial charge in [0.05, 0.1) is 0 Å². The molecule has 0 spiro atoms. The molecule has 0 aromatic carbocycles. The van der Waals surface area contributed by atoms with Gasteiger partial charge in [-0.1, -0.05) is 13.8 Å². The van der Waals surface area contributed by atoms with Crippen LogP contribution in [0, 0.1) is 13.8 Å². The van der Waals surface area contributed by atoms with Gasteiger partial charge in [-0.15, -0.1) is 13.1 Å². The van der Waals surface area contributed by atoms with Crippen molar-refractivity contribution >= 4 is 11.8 Å². The molecule has 2 amide bonds. The Morgan fingerprint density at radius 1 is 1.05 bits per heavy atom. The number of carbonyl (C=O) groups is 2. The van der Waals surface area contributed by atoms with Gasteiger partial charge < -0.3 is 23.6 Å². The van der Waals surface area contributed by atoms with Gasteiger partial charge in [0.25, 0.3) is 0 Å². The van der Waals surface area contributed by atoms with Gasteiger partial charge in [-0.3, -0.25) is 9.59 Å². The van der Waals surface area contributed by atoms with Crippen LogP contribution in [0.25, 0.3) is 0 Å². The van der Waals surface area contributed by atoms with Crippen LogP contribution >= 0.6 is 0 Å². The molecule has 0 aromatic heterocycles. The molecule has 1 aliphatic heterocycles. The Morgan fingerprint density at radius 3 is 1.79 bits per heavy atom. The summed E-state index contributed by atoms with van der Waals surface area (Å²) in [7, 11) is 0. The minimum absolute atomic E-state index is 0. The van der Waals surface area contributed by atoms with Gasteiger partial charge in [-0.05, 0) is 12.8 Å². The van der Waals surface area contributed by atoms with E-state index in [1.54, 1.807) is 4.90 Å². The fourth-order valence-corrected chi connectivity index (χ4v) is 1.77. The monoisotopic (exact) mass is 305 g/mol. The van der Waals surface area contributed by atoms with Crippen molar-refractivity contribution in [3.8, 4) is 0 Å². The van der Waals surface area contributed by atoms with Crippen LogP contribution in [0.5, 0.6) is 0 Å². The zero-order valence-corrected chi connectivity index (χ0v) is 13.6. The van der Waals surface area contributed by atoms with Crippen molar-refractivity contribution in [2.24, 2.45) is 0 Å². The van der Waals surface area contributed by atoms with E-state index in [1.807, 2.05) is 18.7 Å². The summed E-state index contributed by atoms with van der Waals surface area (Å²) < 4.78 is 0. The molecule has 0 saturated carbocycles. The Morgan fingerprint density at radius 2 is 1.53 bits per heavy atom. The molecule has 1 radical (unpaired) electrons. The standard InChI is InChI=1S/2C7H13NO.V/c1-2-7(9)8-5-3-4-6-8;1-4-7(9)8(5-2)6-3;/h2*2-6H2,1H3;/q;-2;+2. The van der Waals surface area contributed by atoms with E-state index < -0.39 is 0 Å². The maximum absolute atomic E-state index is 10.9. The number of nitrogens with zero attached hydrogens (tertiary/aromatic N) is 2. The first-order valence-corrected chi connectivity index (χ1v) is 6.74. The van der Waals surface area contributed by atoms with Gasteiger partial charge in [0.15, 0.2) is 0 Å². The number of hydrogen-bond acceptors (Lipinski definition) is 2. The van der Waals surface area contributed by atoms with E-state index in [0.29, 0.717) is 31.8 Å². The van der Waals surface area contributed by atoms with Crippen molar-refractivity contribution in [2.45, 2.75) is 39.5 Å². The number of hydrogen-bond donors (Lipinski definition) is 0. The van der Waals surface area contributed by atoms with Crippen molar-refractivity contribution in [1.82, 2.24) is 9.80 Å². The summed E-state index contributed by atoms with van der Waals surface area (Å²) in [5, 5.41) is 0. The maximum atomic E-state index is 10.9. The smallest absolute Gasteiger partial charge is 0.403 e. The third-order valence-electron chi connectivity index (χ3n) is 2.96. The summed E-state index contributed by atoms with van der Waals surface area (Å²) in [6.45, 7) is 14.0. The number of rotatable bonds is 4. The van der Waals surface area contributed by atoms with Gasteiger partial charge in [0, 0.05) is 25.9 Å². The van der Waals surface area contributed by atoms with Crippen molar-refractivity contribution in [2.75, 3.05) is 26.2 Å². The Labute approximate surface area is 129 Å². The van der Waals surface area contributed by atoms with Crippen molar-refractivity contribution in [3.63, 3.8) is 0 Å². The minimum Gasteiger partial charge on any atom is -0.403 e. The fraction of sp³-hybridized carbons (Fsp3) is 0.714. The van der Waals surface area contributed by atoms with Crippen LogP contribution in [0.3, 0.4) is 0 Å². The average Bonchev–Trinajstić information content (AvgIpc) is 2.93. The second-order valence-corrected chi connectivity index (χ2v) is 4.18. The van der Waals surface area contributed by atoms with Crippen molar-refractivity contribution in [3.05, 3.63) is 13.8 Å². The Bertz CT molecular complexity index is 236. The van der Waals surface area contributed by atoms with E-state index in [0.717, 1.165) is 13.1 Å². The van der Waals surface area contributed by atoms with E-state index >= 15 is 0 Å². The zero-order chi connectivity index (χ0) is 14.0. The molecule has 1 rings (SSSR count). The third kappa shape index (κ3) is 8.32. The van der Waals surface area contributed by atoms with Gasteiger partial charge in [-0.2, -0.15) is 0 Å².